The summed E-state index contributed by atoms with van der Waals surface area (Å²) in [5.74, 6) is -0.0782. The van der Waals surface area contributed by atoms with Gasteiger partial charge in [0, 0.05) is 13.0 Å². The molecule has 0 spiro atoms. The van der Waals surface area contributed by atoms with Crippen molar-refractivity contribution in [1.29, 1.82) is 0 Å². The first-order valence-corrected chi connectivity index (χ1v) is 5.43. The summed E-state index contributed by atoms with van der Waals surface area (Å²) in [5.41, 5.74) is 0. The molecule has 0 unspecified atom stereocenters. The molecule has 0 bridgehead atoms. The third-order valence-electron chi connectivity index (χ3n) is 3.16. The van der Waals surface area contributed by atoms with E-state index >= 15 is 0 Å². The van der Waals surface area contributed by atoms with E-state index in [0.29, 0.717) is 19.4 Å². The van der Waals surface area contributed by atoms with Crippen LogP contribution >= 0.6 is 0 Å². The minimum Gasteiger partial charge on any atom is -0.394 e. The molecule has 15 heavy (non-hydrogen) atoms. The van der Waals surface area contributed by atoms with Gasteiger partial charge in [0.25, 0.3) is 0 Å². The zero-order valence-electron chi connectivity index (χ0n) is 8.61. The van der Waals surface area contributed by atoms with Crippen LogP contribution in [0.1, 0.15) is 25.7 Å². The molecule has 2 N–H and O–H groups in total. The van der Waals surface area contributed by atoms with E-state index in [0.717, 1.165) is 12.8 Å². The average Bonchev–Trinajstić information content (AvgIpc) is 2.84. The van der Waals surface area contributed by atoms with E-state index in [9.17, 15) is 9.59 Å². The summed E-state index contributed by atoms with van der Waals surface area (Å²) in [6.07, 6.45) is 2.83. The van der Waals surface area contributed by atoms with Crippen molar-refractivity contribution in [1.82, 2.24) is 10.2 Å². The second-order valence-electron chi connectivity index (χ2n) is 4.17. The quantitative estimate of drug-likeness (QED) is 0.632. The number of carbonyl (C=O) groups excluding carboxylic acids is 2. The maximum atomic E-state index is 12.0. The highest BCUT2D eigenvalue weighted by atomic mass is 16.3. The predicted octanol–water partition coefficient (Wildman–Crippen LogP) is -0.752. The Bertz CT molecular complexity index is 280. The Morgan fingerprint density at radius 1 is 1.53 bits per heavy atom. The Hall–Kier alpha value is -1.10. The van der Waals surface area contributed by atoms with E-state index < -0.39 is 0 Å². The van der Waals surface area contributed by atoms with Gasteiger partial charge in [-0.2, -0.15) is 0 Å². The van der Waals surface area contributed by atoms with Crippen molar-refractivity contribution in [2.24, 2.45) is 0 Å². The Morgan fingerprint density at radius 2 is 2.33 bits per heavy atom. The van der Waals surface area contributed by atoms with Crippen molar-refractivity contribution >= 4 is 11.8 Å². The highest BCUT2D eigenvalue weighted by Gasteiger charge is 2.35. The maximum Gasteiger partial charge on any atom is 0.245 e. The third kappa shape index (κ3) is 1.97. The van der Waals surface area contributed by atoms with Gasteiger partial charge in [-0.1, -0.05) is 0 Å². The molecule has 0 aliphatic carbocycles. The lowest BCUT2D eigenvalue weighted by Gasteiger charge is -2.25. The Balaban J connectivity index is 1.98. The molecule has 0 aromatic rings. The molecule has 2 rings (SSSR count). The Morgan fingerprint density at radius 3 is 2.93 bits per heavy atom. The fraction of sp³-hybridized carbons (Fsp3) is 0.800. The van der Waals surface area contributed by atoms with Gasteiger partial charge < -0.3 is 15.3 Å². The summed E-state index contributed by atoms with van der Waals surface area (Å²) in [4.78, 5) is 24.7. The van der Waals surface area contributed by atoms with Gasteiger partial charge in [0.1, 0.15) is 6.04 Å². The van der Waals surface area contributed by atoms with E-state index in [1.807, 2.05) is 0 Å². The molecular formula is C10H16N2O3. The van der Waals surface area contributed by atoms with Crippen molar-refractivity contribution in [2.45, 2.75) is 37.8 Å². The number of aliphatic hydroxyl groups is 1. The lowest BCUT2D eigenvalue weighted by Crippen LogP contribution is -2.47. The van der Waals surface area contributed by atoms with Gasteiger partial charge in [0.15, 0.2) is 0 Å². The summed E-state index contributed by atoms with van der Waals surface area (Å²) >= 11 is 0. The van der Waals surface area contributed by atoms with E-state index in [1.54, 1.807) is 4.90 Å². The summed E-state index contributed by atoms with van der Waals surface area (Å²) < 4.78 is 0. The fourth-order valence-corrected chi connectivity index (χ4v) is 2.32. The van der Waals surface area contributed by atoms with Crippen LogP contribution in [0.3, 0.4) is 0 Å². The van der Waals surface area contributed by atoms with Crippen LogP contribution in [0.4, 0.5) is 0 Å². The van der Waals surface area contributed by atoms with Gasteiger partial charge in [-0.05, 0) is 19.3 Å². The van der Waals surface area contributed by atoms with Crippen LogP contribution in [0.5, 0.6) is 0 Å². The average molecular weight is 212 g/mol. The molecule has 2 atom stereocenters. The SMILES string of the molecule is O=C1CC[C@H](C(=O)N2CCC[C@H]2CO)N1. The first kappa shape index (κ1) is 10.4. The highest BCUT2D eigenvalue weighted by Crippen LogP contribution is 2.20. The molecular weight excluding hydrogens is 196 g/mol. The van der Waals surface area contributed by atoms with Crippen LogP contribution in [0.2, 0.25) is 0 Å². The largest absolute Gasteiger partial charge is 0.394 e. The normalized spacial score (nSPS) is 30.7. The van der Waals surface area contributed by atoms with Gasteiger partial charge in [-0.25, -0.2) is 0 Å². The van der Waals surface area contributed by atoms with E-state index in [1.165, 1.54) is 0 Å². The molecule has 2 aliphatic rings. The molecule has 2 aliphatic heterocycles. The molecule has 2 fully saturated rings. The van der Waals surface area contributed by atoms with Gasteiger partial charge in [-0.15, -0.1) is 0 Å². The number of likely N-dealkylation sites (tertiary alicyclic amines) is 1. The highest BCUT2D eigenvalue weighted by molar-refractivity contribution is 5.91. The number of hydrogen-bond donors (Lipinski definition) is 2. The molecule has 0 aromatic carbocycles. The van der Waals surface area contributed by atoms with Gasteiger partial charge in [-0.3, -0.25) is 9.59 Å². The first-order chi connectivity index (χ1) is 7.22. The predicted molar refractivity (Wildman–Crippen MR) is 53.0 cm³/mol. The van der Waals surface area contributed by atoms with Crippen molar-refractivity contribution in [3.05, 3.63) is 0 Å². The van der Waals surface area contributed by atoms with Crippen LogP contribution in [-0.2, 0) is 9.59 Å². The molecule has 5 heteroatoms. The molecule has 0 radical (unpaired) electrons. The fourth-order valence-electron chi connectivity index (χ4n) is 2.32. The lowest BCUT2D eigenvalue weighted by molar-refractivity contribution is -0.135. The third-order valence-corrected chi connectivity index (χ3v) is 3.16. The maximum absolute atomic E-state index is 12.0. The summed E-state index contributed by atoms with van der Waals surface area (Å²) in [6.45, 7) is 0.725. The standard InChI is InChI=1S/C10H16N2O3/c13-6-7-2-1-5-12(7)10(15)8-3-4-9(14)11-8/h7-8,13H,1-6H2,(H,11,14)/t7-,8+/m0/s1. The number of nitrogens with zero attached hydrogens (tertiary/aromatic N) is 1. The van der Waals surface area contributed by atoms with Gasteiger partial charge in [0.2, 0.25) is 11.8 Å². The van der Waals surface area contributed by atoms with Crippen LogP contribution in [0, 0.1) is 0 Å². The minimum absolute atomic E-state index is 0.0202. The van der Waals surface area contributed by atoms with E-state index in [-0.39, 0.29) is 30.5 Å². The second kappa shape index (κ2) is 4.18. The van der Waals surface area contributed by atoms with Gasteiger partial charge in [0.05, 0.1) is 12.6 Å². The van der Waals surface area contributed by atoms with Gasteiger partial charge >= 0.3 is 0 Å². The molecule has 2 heterocycles. The molecule has 84 valence electrons. The smallest absolute Gasteiger partial charge is 0.245 e. The number of aliphatic hydroxyl groups excluding tert-OH is 1. The van der Waals surface area contributed by atoms with E-state index in [2.05, 4.69) is 5.32 Å². The number of rotatable bonds is 2. The first-order valence-electron chi connectivity index (χ1n) is 5.43. The molecule has 0 saturated carbocycles. The summed E-state index contributed by atoms with van der Waals surface area (Å²) in [5, 5.41) is 11.8. The zero-order chi connectivity index (χ0) is 10.8. The van der Waals surface area contributed by atoms with Crippen molar-refractivity contribution in [2.75, 3.05) is 13.2 Å². The van der Waals surface area contributed by atoms with Crippen molar-refractivity contribution in [3.8, 4) is 0 Å². The summed E-state index contributed by atoms with van der Waals surface area (Å²) in [7, 11) is 0. The monoisotopic (exact) mass is 212 g/mol. The number of hydrogen-bond acceptors (Lipinski definition) is 3. The summed E-state index contributed by atoms with van der Waals surface area (Å²) in [6, 6.07) is -0.403. The van der Waals surface area contributed by atoms with Crippen molar-refractivity contribution < 1.29 is 14.7 Å². The van der Waals surface area contributed by atoms with Crippen LogP contribution in [0.25, 0.3) is 0 Å². The van der Waals surface area contributed by atoms with Crippen LogP contribution in [0.15, 0.2) is 0 Å². The van der Waals surface area contributed by atoms with Crippen LogP contribution in [-0.4, -0.2) is 47.1 Å². The number of nitrogens with one attached hydrogen (secondary N) is 1. The Labute approximate surface area is 88.4 Å². The zero-order valence-corrected chi connectivity index (χ0v) is 8.61. The van der Waals surface area contributed by atoms with Crippen molar-refractivity contribution in [3.63, 3.8) is 0 Å². The molecule has 2 amide bonds. The topological polar surface area (TPSA) is 69.6 Å². The number of carbonyl (C=O) groups is 2. The molecule has 0 aromatic heterocycles. The van der Waals surface area contributed by atoms with E-state index in [4.69, 9.17) is 5.11 Å². The van der Waals surface area contributed by atoms with Crippen LogP contribution < -0.4 is 5.32 Å². The minimum atomic E-state index is -0.357. The lowest BCUT2D eigenvalue weighted by atomic mass is 10.2. The number of amides is 2. The molecule has 2 saturated heterocycles. The second-order valence-corrected chi connectivity index (χ2v) is 4.17. The molecule has 5 nitrogen and oxygen atoms in total. The Kier molecular flexibility index (Phi) is 2.90.